The van der Waals surface area contributed by atoms with Gasteiger partial charge in [0.05, 0.1) is 17.3 Å². The molecule has 9 heteroatoms. The van der Waals surface area contributed by atoms with Crippen molar-refractivity contribution in [1.82, 2.24) is 4.57 Å². The Morgan fingerprint density at radius 2 is 2.15 bits per heavy atom. The molecule has 2 aromatic heterocycles. The molecule has 0 aliphatic heterocycles. The summed E-state index contributed by atoms with van der Waals surface area (Å²) in [4.78, 5) is 24.2. The molecule has 0 aliphatic rings. The van der Waals surface area contributed by atoms with Crippen molar-refractivity contribution in [3.8, 4) is 0 Å². The van der Waals surface area contributed by atoms with Gasteiger partial charge in [-0.15, -0.1) is 0 Å². The van der Waals surface area contributed by atoms with Crippen LogP contribution < -0.4 is 10.9 Å². The Hall–Kier alpha value is -2.32. The third-order valence-electron chi connectivity index (χ3n) is 3.67. The number of ether oxygens (including phenoxy) is 1. The van der Waals surface area contributed by atoms with E-state index >= 15 is 0 Å². The van der Waals surface area contributed by atoms with Crippen LogP contribution in [0.15, 0.2) is 37.9 Å². The summed E-state index contributed by atoms with van der Waals surface area (Å²) in [7, 11) is 1.45. The Bertz CT molecular complexity index is 1080. The maximum absolute atomic E-state index is 14.2. The zero-order chi connectivity index (χ0) is 19.0. The van der Waals surface area contributed by atoms with Gasteiger partial charge in [0.15, 0.2) is 11.4 Å². The lowest BCUT2D eigenvalue weighted by atomic mass is 10.2. The van der Waals surface area contributed by atoms with Gasteiger partial charge in [0.25, 0.3) is 5.56 Å². The highest BCUT2D eigenvalue weighted by Gasteiger charge is 2.26. The van der Waals surface area contributed by atoms with Gasteiger partial charge in [-0.25, -0.2) is 9.18 Å². The normalized spacial score (nSPS) is 11.0. The first-order valence-corrected chi connectivity index (χ1v) is 8.71. The lowest BCUT2D eigenvalue weighted by Crippen LogP contribution is -2.17. The van der Waals surface area contributed by atoms with E-state index < -0.39 is 17.3 Å². The third-order valence-corrected chi connectivity index (χ3v) is 4.47. The van der Waals surface area contributed by atoms with Gasteiger partial charge in [-0.3, -0.25) is 4.79 Å². The molecule has 0 fully saturated rings. The maximum atomic E-state index is 14.2. The van der Waals surface area contributed by atoms with Crippen molar-refractivity contribution in [2.75, 3.05) is 11.9 Å². The summed E-state index contributed by atoms with van der Waals surface area (Å²) in [5.41, 5.74) is -0.180. The fraction of sp³-hybridized carbons (Fsp3) is 0.176. The first kappa shape index (κ1) is 18.5. The predicted octanol–water partition coefficient (Wildman–Crippen LogP) is 4.61. The van der Waals surface area contributed by atoms with Crippen LogP contribution in [0.4, 0.5) is 15.8 Å². The van der Waals surface area contributed by atoms with E-state index in [2.05, 4.69) is 21.2 Å². The second kappa shape index (κ2) is 7.13. The number of pyridine rings is 1. The van der Waals surface area contributed by atoms with Gasteiger partial charge >= 0.3 is 5.97 Å². The SMILES string of the molecule is CCOC(=O)c1oc2c(F)cc(=O)n(C)c2c1Nc1ccc(Br)cc1Cl. The van der Waals surface area contributed by atoms with Gasteiger partial charge in [-0.05, 0) is 25.1 Å². The first-order valence-electron chi connectivity index (χ1n) is 7.54. The molecular weight excluding hydrogens is 431 g/mol. The molecule has 3 aromatic rings. The third kappa shape index (κ3) is 3.22. The van der Waals surface area contributed by atoms with Crippen molar-refractivity contribution in [3.63, 3.8) is 0 Å². The van der Waals surface area contributed by atoms with Crippen LogP contribution in [-0.2, 0) is 11.8 Å². The smallest absolute Gasteiger partial charge is 0.376 e. The highest BCUT2D eigenvalue weighted by molar-refractivity contribution is 9.10. The molecular formula is C17H13BrClFN2O4. The molecule has 26 heavy (non-hydrogen) atoms. The Balaban J connectivity index is 2.28. The summed E-state index contributed by atoms with van der Waals surface area (Å²) in [5, 5.41) is 3.30. The Labute approximate surface area is 160 Å². The van der Waals surface area contributed by atoms with Gasteiger partial charge in [-0.1, -0.05) is 27.5 Å². The second-order valence-corrected chi connectivity index (χ2v) is 6.67. The molecule has 0 unspecified atom stereocenters. The maximum Gasteiger partial charge on any atom is 0.376 e. The van der Waals surface area contributed by atoms with Crippen molar-refractivity contribution in [1.29, 1.82) is 0 Å². The van der Waals surface area contributed by atoms with E-state index in [0.29, 0.717) is 10.7 Å². The summed E-state index contributed by atoms with van der Waals surface area (Å²) in [6.07, 6.45) is 0. The summed E-state index contributed by atoms with van der Waals surface area (Å²) < 4.78 is 26.5. The van der Waals surface area contributed by atoms with Crippen molar-refractivity contribution >= 4 is 56.0 Å². The van der Waals surface area contributed by atoms with Crippen LogP contribution in [0.25, 0.3) is 11.1 Å². The number of furan rings is 1. The minimum Gasteiger partial charge on any atom is -0.460 e. The second-order valence-electron chi connectivity index (χ2n) is 5.34. The molecule has 0 saturated heterocycles. The topological polar surface area (TPSA) is 73.5 Å². The number of hydrogen-bond donors (Lipinski definition) is 1. The van der Waals surface area contributed by atoms with Crippen LogP contribution >= 0.6 is 27.5 Å². The van der Waals surface area contributed by atoms with Crippen molar-refractivity contribution in [2.24, 2.45) is 7.05 Å². The van der Waals surface area contributed by atoms with Crippen molar-refractivity contribution in [2.45, 2.75) is 6.92 Å². The molecule has 0 spiro atoms. The number of carbonyl (C=O) groups excluding carboxylic acids is 1. The molecule has 0 saturated carbocycles. The van der Waals surface area contributed by atoms with Crippen LogP contribution in [0.1, 0.15) is 17.5 Å². The van der Waals surface area contributed by atoms with Crippen molar-refractivity contribution < 1.29 is 18.3 Å². The number of rotatable bonds is 4. The molecule has 1 N–H and O–H groups in total. The Morgan fingerprint density at radius 1 is 1.42 bits per heavy atom. The molecule has 0 aliphatic carbocycles. The number of aryl methyl sites for hydroxylation is 1. The van der Waals surface area contributed by atoms with Crippen LogP contribution in [-0.4, -0.2) is 17.1 Å². The molecule has 0 bridgehead atoms. The average molecular weight is 444 g/mol. The fourth-order valence-electron chi connectivity index (χ4n) is 2.47. The zero-order valence-electron chi connectivity index (χ0n) is 13.7. The van der Waals surface area contributed by atoms with E-state index in [9.17, 15) is 14.0 Å². The zero-order valence-corrected chi connectivity index (χ0v) is 16.1. The highest BCUT2D eigenvalue weighted by Crippen LogP contribution is 2.36. The largest absolute Gasteiger partial charge is 0.460 e. The summed E-state index contributed by atoms with van der Waals surface area (Å²) in [5.74, 6) is -1.91. The minimum absolute atomic E-state index is 0.0945. The number of nitrogens with zero attached hydrogens (tertiary/aromatic N) is 1. The number of hydrogen-bond acceptors (Lipinski definition) is 5. The molecule has 2 heterocycles. The van der Waals surface area contributed by atoms with E-state index in [-0.39, 0.29) is 29.2 Å². The summed E-state index contributed by atoms with van der Waals surface area (Å²) >= 11 is 9.51. The number of esters is 1. The number of nitrogens with one attached hydrogen (secondary N) is 1. The first-order chi connectivity index (χ1) is 12.3. The number of halogens is 3. The quantitative estimate of drug-likeness (QED) is 0.596. The predicted molar refractivity (Wildman–Crippen MR) is 99.8 cm³/mol. The molecule has 3 rings (SSSR count). The molecule has 0 amide bonds. The van der Waals surface area contributed by atoms with Crippen LogP contribution in [0.2, 0.25) is 5.02 Å². The average Bonchev–Trinajstić information content (AvgIpc) is 2.95. The monoisotopic (exact) mass is 442 g/mol. The van der Waals surface area contributed by atoms with Crippen LogP contribution in [0.5, 0.6) is 0 Å². The number of carbonyl (C=O) groups is 1. The molecule has 1 aromatic carbocycles. The number of anilines is 2. The van der Waals surface area contributed by atoms with E-state index in [0.717, 1.165) is 10.5 Å². The Morgan fingerprint density at radius 3 is 2.81 bits per heavy atom. The standard InChI is InChI=1S/C17H13BrClFN2O4/c1-3-25-17(24)16-13(21-11-5-4-8(18)6-9(11)19)14-15(26-16)10(20)7-12(23)22(14)2/h4-7,21H,3H2,1-2H3. The molecule has 0 radical (unpaired) electrons. The van der Waals surface area contributed by atoms with Gasteiger partial charge in [0, 0.05) is 17.6 Å². The number of aromatic nitrogens is 1. The van der Waals surface area contributed by atoms with Gasteiger partial charge in [0.2, 0.25) is 5.76 Å². The van der Waals surface area contributed by atoms with E-state index in [1.54, 1.807) is 25.1 Å². The lowest BCUT2D eigenvalue weighted by Gasteiger charge is -2.10. The summed E-state index contributed by atoms with van der Waals surface area (Å²) in [6, 6.07) is 5.84. The highest BCUT2D eigenvalue weighted by atomic mass is 79.9. The van der Waals surface area contributed by atoms with Gasteiger partial charge in [-0.2, -0.15) is 0 Å². The Kier molecular flexibility index (Phi) is 5.06. The van der Waals surface area contributed by atoms with Gasteiger partial charge in [0.1, 0.15) is 11.2 Å². The molecule has 6 nitrogen and oxygen atoms in total. The van der Waals surface area contributed by atoms with Crippen molar-refractivity contribution in [3.05, 3.63) is 55.7 Å². The van der Waals surface area contributed by atoms with Gasteiger partial charge < -0.3 is 19.0 Å². The van der Waals surface area contributed by atoms with E-state index in [1.807, 2.05) is 0 Å². The summed E-state index contributed by atoms with van der Waals surface area (Å²) in [6.45, 7) is 1.74. The van der Waals surface area contributed by atoms with Crippen LogP contribution in [0, 0.1) is 5.82 Å². The fourth-order valence-corrected chi connectivity index (χ4v) is 3.19. The van der Waals surface area contributed by atoms with Crippen LogP contribution in [0.3, 0.4) is 0 Å². The lowest BCUT2D eigenvalue weighted by molar-refractivity contribution is 0.0494. The number of fused-ring (bicyclic) bond motifs is 1. The van der Waals surface area contributed by atoms with E-state index in [1.165, 1.54) is 11.6 Å². The van der Waals surface area contributed by atoms with E-state index in [4.69, 9.17) is 20.8 Å². The molecule has 136 valence electrons. The number of benzene rings is 1. The molecule has 0 atom stereocenters. The minimum atomic E-state index is -0.872.